The molecule has 5 heteroatoms. The van der Waals surface area contributed by atoms with Crippen LogP contribution in [-0.4, -0.2) is 38.3 Å². The number of rotatable bonds is 6. The topological polar surface area (TPSA) is 38.5 Å². The molecule has 0 saturated carbocycles. The summed E-state index contributed by atoms with van der Waals surface area (Å²) < 4.78 is 6.37. The van der Waals surface area contributed by atoms with Crippen molar-refractivity contribution < 1.29 is 4.74 Å². The van der Waals surface area contributed by atoms with Gasteiger partial charge in [-0.05, 0) is 42.9 Å². The first-order valence-electron chi connectivity index (χ1n) is 5.68. The largest absolute Gasteiger partial charge is 0.383 e. The lowest BCUT2D eigenvalue weighted by Crippen LogP contribution is -2.38. The van der Waals surface area contributed by atoms with Crippen LogP contribution in [0, 0.1) is 6.92 Å². The highest BCUT2D eigenvalue weighted by Crippen LogP contribution is 2.33. The zero-order valence-electron chi connectivity index (χ0n) is 10.9. The minimum absolute atomic E-state index is 0.259. The third-order valence-electron chi connectivity index (χ3n) is 3.02. The molecule has 1 rings (SSSR count). The second-order valence-electron chi connectivity index (χ2n) is 4.27. The molecule has 0 saturated heterocycles. The number of methoxy groups -OCH3 is 1. The molecule has 0 radical (unpaired) electrons. The highest BCUT2D eigenvalue weighted by atomic mass is 79.9. The Hall–Kier alpha value is 0.0600. The third kappa shape index (κ3) is 3.76. The fourth-order valence-corrected chi connectivity index (χ4v) is 3.52. The van der Waals surface area contributed by atoms with Crippen LogP contribution in [-0.2, 0) is 4.74 Å². The Morgan fingerprint density at radius 3 is 2.65 bits per heavy atom. The van der Waals surface area contributed by atoms with Gasteiger partial charge >= 0.3 is 0 Å². The second kappa shape index (κ2) is 6.85. The van der Waals surface area contributed by atoms with Gasteiger partial charge in [-0.15, -0.1) is 11.3 Å². The van der Waals surface area contributed by atoms with E-state index in [1.807, 2.05) is 0 Å². The van der Waals surface area contributed by atoms with Crippen LogP contribution in [0.25, 0.3) is 0 Å². The quantitative estimate of drug-likeness (QED) is 0.876. The molecule has 0 aliphatic rings. The van der Waals surface area contributed by atoms with Gasteiger partial charge in [-0.25, -0.2) is 0 Å². The van der Waals surface area contributed by atoms with Gasteiger partial charge < -0.3 is 10.5 Å². The van der Waals surface area contributed by atoms with Crippen molar-refractivity contribution in [2.75, 3.05) is 27.3 Å². The van der Waals surface area contributed by atoms with Crippen molar-refractivity contribution in [1.29, 1.82) is 0 Å². The lowest BCUT2D eigenvalue weighted by Gasteiger charge is -2.31. The summed E-state index contributed by atoms with van der Waals surface area (Å²) in [5.41, 5.74) is 5.91. The van der Waals surface area contributed by atoms with Gasteiger partial charge in [0.05, 0.1) is 12.6 Å². The number of ether oxygens (including phenoxy) is 1. The van der Waals surface area contributed by atoms with Crippen LogP contribution in [0.3, 0.4) is 0 Å². The minimum atomic E-state index is 0.259. The number of nitrogens with two attached hydrogens (primary N) is 1. The van der Waals surface area contributed by atoms with Gasteiger partial charge in [0.15, 0.2) is 0 Å². The molecular formula is C12H21BrN2OS. The number of hydrogen-bond donors (Lipinski definition) is 1. The van der Waals surface area contributed by atoms with E-state index in [4.69, 9.17) is 10.5 Å². The molecule has 98 valence electrons. The molecule has 1 heterocycles. The zero-order chi connectivity index (χ0) is 13.0. The summed E-state index contributed by atoms with van der Waals surface area (Å²) >= 11 is 5.36. The van der Waals surface area contributed by atoms with Crippen molar-refractivity contribution in [1.82, 2.24) is 4.90 Å². The monoisotopic (exact) mass is 320 g/mol. The molecule has 0 aromatic carbocycles. The molecular weight excluding hydrogens is 300 g/mol. The van der Waals surface area contributed by atoms with E-state index in [0.717, 1.165) is 6.61 Å². The van der Waals surface area contributed by atoms with Gasteiger partial charge in [-0.1, -0.05) is 0 Å². The second-order valence-corrected chi connectivity index (χ2v) is 6.42. The molecule has 0 bridgehead atoms. The molecule has 2 atom stereocenters. The average Bonchev–Trinajstić information content (AvgIpc) is 2.60. The van der Waals surface area contributed by atoms with Crippen LogP contribution in [0.1, 0.15) is 22.7 Å². The van der Waals surface area contributed by atoms with Gasteiger partial charge in [0.1, 0.15) is 0 Å². The van der Waals surface area contributed by atoms with Crippen molar-refractivity contribution in [2.45, 2.75) is 25.9 Å². The predicted molar refractivity (Wildman–Crippen MR) is 77.7 cm³/mol. The van der Waals surface area contributed by atoms with E-state index < -0.39 is 0 Å². The summed E-state index contributed by atoms with van der Waals surface area (Å²) in [7, 11) is 3.83. The number of halogens is 1. The number of nitrogens with zero attached hydrogens (tertiary/aromatic N) is 1. The highest BCUT2D eigenvalue weighted by molar-refractivity contribution is 9.10. The van der Waals surface area contributed by atoms with Gasteiger partial charge in [0.2, 0.25) is 0 Å². The van der Waals surface area contributed by atoms with E-state index in [0.29, 0.717) is 12.6 Å². The Bertz CT molecular complexity index is 337. The maximum atomic E-state index is 5.91. The van der Waals surface area contributed by atoms with E-state index in [1.54, 1.807) is 18.4 Å². The Balaban J connectivity index is 2.83. The van der Waals surface area contributed by atoms with Crippen molar-refractivity contribution in [2.24, 2.45) is 5.73 Å². The summed E-state index contributed by atoms with van der Waals surface area (Å²) in [4.78, 5) is 4.88. The van der Waals surface area contributed by atoms with Crippen molar-refractivity contribution in [3.63, 3.8) is 0 Å². The lowest BCUT2D eigenvalue weighted by molar-refractivity contribution is 0.0920. The summed E-state index contributed by atoms with van der Waals surface area (Å²) in [5, 5.41) is 0. The van der Waals surface area contributed by atoms with Crippen LogP contribution in [0.2, 0.25) is 0 Å². The highest BCUT2D eigenvalue weighted by Gasteiger charge is 2.22. The molecule has 3 nitrogen and oxygen atoms in total. The van der Waals surface area contributed by atoms with Crippen LogP contribution in [0.5, 0.6) is 0 Å². The molecule has 0 fully saturated rings. The number of likely N-dealkylation sites (N-methyl/N-ethyl adjacent to an activating group) is 1. The van der Waals surface area contributed by atoms with Gasteiger partial charge in [-0.3, -0.25) is 4.90 Å². The van der Waals surface area contributed by atoms with E-state index in [2.05, 4.69) is 47.8 Å². The normalized spacial score (nSPS) is 15.2. The van der Waals surface area contributed by atoms with Gasteiger partial charge in [0, 0.05) is 33.9 Å². The van der Waals surface area contributed by atoms with Crippen LogP contribution in [0.4, 0.5) is 0 Å². The fourth-order valence-electron chi connectivity index (χ4n) is 1.79. The molecule has 2 unspecified atom stereocenters. The standard InChI is InChI=1S/C12H21BrN2OS/c1-8(7-16-4)15(3)11(6-14)12-5-10(13)9(2)17-12/h5,8,11H,6-7,14H2,1-4H3. The molecule has 1 aromatic rings. The Kier molecular flexibility index (Phi) is 6.09. The van der Waals surface area contributed by atoms with E-state index in [1.165, 1.54) is 14.2 Å². The number of hydrogen-bond acceptors (Lipinski definition) is 4. The molecule has 0 spiro atoms. The fraction of sp³-hybridized carbons (Fsp3) is 0.667. The Labute approximate surface area is 116 Å². The van der Waals surface area contributed by atoms with E-state index >= 15 is 0 Å². The molecule has 2 N–H and O–H groups in total. The Morgan fingerprint density at radius 2 is 2.24 bits per heavy atom. The van der Waals surface area contributed by atoms with E-state index in [9.17, 15) is 0 Å². The van der Waals surface area contributed by atoms with Crippen molar-refractivity contribution in [3.8, 4) is 0 Å². The lowest BCUT2D eigenvalue weighted by atomic mass is 10.1. The number of aryl methyl sites for hydroxylation is 1. The maximum absolute atomic E-state index is 5.91. The van der Waals surface area contributed by atoms with Gasteiger partial charge in [0.25, 0.3) is 0 Å². The summed E-state index contributed by atoms with van der Waals surface area (Å²) in [5.74, 6) is 0. The van der Waals surface area contributed by atoms with Crippen LogP contribution < -0.4 is 5.73 Å². The van der Waals surface area contributed by atoms with Gasteiger partial charge in [-0.2, -0.15) is 0 Å². The van der Waals surface area contributed by atoms with Crippen molar-refractivity contribution >= 4 is 27.3 Å². The summed E-state index contributed by atoms with van der Waals surface area (Å²) in [6, 6.07) is 2.79. The first kappa shape index (κ1) is 15.1. The molecule has 1 aromatic heterocycles. The third-order valence-corrected chi connectivity index (χ3v) is 5.26. The molecule has 0 amide bonds. The molecule has 17 heavy (non-hydrogen) atoms. The summed E-state index contributed by atoms with van der Waals surface area (Å²) in [6.07, 6.45) is 0. The Morgan fingerprint density at radius 1 is 1.59 bits per heavy atom. The summed E-state index contributed by atoms with van der Waals surface area (Å²) in [6.45, 7) is 5.61. The van der Waals surface area contributed by atoms with Crippen LogP contribution >= 0.6 is 27.3 Å². The predicted octanol–water partition coefficient (Wildman–Crippen LogP) is 2.79. The molecule has 0 aliphatic heterocycles. The first-order chi connectivity index (χ1) is 8.01. The minimum Gasteiger partial charge on any atom is -0.383 e. The number of thiophene rings is 1. The maximum Gasteiger partial charge on any atom is 0.0615 e. The smallest absolute Gasteiger partial charge is 0.0615 e. The molecule has 0 aliphatic carbocycles. The zero-order valence-corrected chi connectivity index (χ0v) is 13.3. The first-order valence-corrected chi connectivity index (χ1v) is 7.29. The van der Waals surface area contributed by atoms with Crippen LogP contribution in [0.15, 0.2) is 10.5 Å². The SMILES string of the molecule is COCC(C)N(C)C(CN)c1cc(Br)c(C)s1. The van der Waals surface area contributed by atoms with Crippen molar-refractivity contribution in [3.05, 3.63) is 20.3 Å². The van der Waals surface area contributed by atoms with E-state index in [-0.39, 0.29) is 6.04 Å². The average molecular weight is 321 g/mol.